The monoisotopic (exact) mass is 397 g/mol. The highest BCUT2D eigenvalue weighted by atomic mass is 35.5. The number of nitrogens with zero attached hydrogens (tertiary/aromatic N) is 2. The van der Waals surface area contributed by atoms with Crippen LogP contribution in [0.1, 0.15) is 5.56 Å². The number of carbonyl (C=O) groups excluding carboxylic acids is 1. The molecule has 1 N–H and O–H groups in total. The summed E-state index contributed by atoms with van der Waals surface area (Å²) in [5, 5.41) is 3.19. The van der Waals surface area contributed by atoms with E-state index in [9.17, 15) is 13.2 Å². The third kappa shape index (κ3) is 4.15. The first kappa shape index (κ1) is 19.3. The van der Waals surface area contributed by atoms with E-state index in [0.717, 1.165) is 5.56 Å². The molecule has 6 nitrogen and oxygen atoms in total. The van der Waals surface area contributed by atoms with Gasteiger partial charge in [0.25, 0.3) is 15.9 Å². The van der Waals surface area contributed by atoms with Crippen molar-refractivity contribution >= 4 is 51.3 Å². The van der Waals surface area contributed by atoms with Crippen LogP contribution < -0.4 is 5.32 Å². The van der Waals surface area contributed by atoms with Crippen molar-refractivity contribution < 1.29 is 13.2 Å². The number of carbonyl (C=O) groups is 1. The predicted octanol–water partition coefficient (Wildman–Crippen LogP) is 2.37. The fourth-order valence-corrected chi connectivity index (χ4v) is 4.23. The molecule has 2 aliphatic rings. The molecule has 0 bridgehead atoms. The SMILES string of the molecule is CN=C1NC(=O)C(=Cc2ccc(S(=O)(=O)N3C=CC=CC3)cc2)S1.Cl. The highest BCUT2D eigenvalue weighted by molar-refractivity contribution is 8.18. The van der Waals surface area contributed by atoms with Crippen molar-refractivity contribution in [2.75, 3.05) is 13.6 Å². The molecule has 1 aromatic rings. The predicted molar refractivity (Wildman–Crippen MR) is 103 cm³/mol. The zero-order valence-corrected chi connectivity index (χ0v) is 15.7. The second-order valence-electron chi connectivity index (χ2n) is 5.01. The summed E-state index contributed by atoms with van der Waals surface area (Å²) < 4.78 is 26.3. The van der Waals surface area contributed by atoms with Gasteiger partial charge in [0, 0.05) is 13.2 Å². The number of halogens is 1. The average molecular weight is 398 g/mol. The molecule has 0 radical (unpaired) electrons. The van der Waals surface area contributed by atoms with E-state index >= 15 is 0 Å². The summed E-state index contributed by atoms with van der Waals surface area (Å²) in [6, 6.07) is 6.44. The maximum Gasteiger partial charge on any atom is 0.264 e. The number of hydrogen-bond acceptors (Lipinski definition) is 5. The van der Waals surface area contributed by atoms with Gasteiger partial charge in [-0.3, -0.25) is 14.1 Å². The highest BCUT2D eigenvalue weighted by Gasteiger charge is 2.24. The van der Waals surface area contributed by atoms with E-state index in [-0.39, 0.29) is 23.2 Å². The van der Waals surface area contributed by atoms with E-state index in [4.69, 9.17) is 0 Å². The number of thioether (sulfide) groups is 1. The lowest BCUT2D eigenvalue weighted by molar-refractivity contribution is -0.115. The largest absolute Gasteiger partial charge is 0.301 e. The van der Waals surface area contributed by atoms with Gasteiger partial charge in [0.1, 0.15) is 0 Å². The van der Waals surface area contributed by atoms with E-state index in [1.54, 1.807) is 55.6 Å². The molecule has 0 saturated carbocycles. The van der Waals surface area contributed by atoms with Gasteiger partial charge in [0.05, 0.1) is 16.3 Å². The summed E-state index contributed by atoms with van der Waals surface area (Å²) in [7, 11) is -1.95. The summed E-state index contributed by atoms with van der Waals surface area (Å²) in [6.45, 7) is 0.320. The number of sulfonamides is 1. The Hall–Kier alpha value is -2.03. The first-order valence-electron chi connectivity index (χ1n) is 7.13. The molecule has 2 aliphatic heterocycles. The number of hydrogen-bond donors (Lipinski definition) is 1. The Morgan fingerprint density at radius 2 is 1.96 bits per heavy atom. The highest BCUT2D eigenvalue weighted by Crippen LogP contribution is 2.26. The van der Waals surface area contributed by atoms with Crippen LogP contribution in [0.5, 0.6) is 0 Å². The zero-order chi connectivity index (χ0) is 17.2. The number of benzene rings is 1. The van der Waals surface area contributed by atoms with Crippen molar-refractivity contribution in [2.24, 2.45) is 4.99 Å². The Morgan fingerprint density at radius 1 is 1.24 bits per heavy atom. The van der Waals surface area contributed by atoms with Crippen molar-refractivity contribution in [3.8, 4) is 0 Å². The van der Waals surface area contributed by atoms with E-state index < -0.39 is 10.0 Å². The van der Waals surface area contributed by atoms with Crippen molar-refractivity contribution in [1.29, 1.82) is 0 Å². The Labute approximate surface area is 156 Å². The molecular formula is C16H16ClN3O3S2. The standard InChI is InChI=1S/C16H15N3O3S2.ClH/c1-17-16-18-15(20)14(23-16)11-12-5-7-13(8-6-12)24(21,22)19-9-3-2-4-10-19;/h2-9,11H,10H2,1H3,(H,17,18,20);1H. The molecule has 1 amide bonds. The first-order chi connectivity index (χ1) is 11.5. The molecule has 25 heavy (non-hydrogen) atoms. The summed E-state index contributed by atoms with van der Waals surface area (Å²) in [5.74, 6) is -0.206. The quantitative estimate of drug-likeness (QED) is 0.794. The van der Waals surface area contributed by atoms with Crippen LogP contribution in [0.15, 0.2) is 63.5 Å². The van der Waals surface area contributed by atoms with E-state index in [2.05, 4.69) is 10.3 Å². The topological polar surface area (TPSA) is 78.8 Å². The number of nitrogens with one attached hydrogen (secondary N) is 1. The van der Waals surface area contributed by atoms with Gasteiger partial charge in [0.2, 0.25) is 0 Å². The third-order valence-electron chi connectivity index (χ3n) is 3.42. The summed E-state index contributed by atoms with van der Waals surface area (Å²) >= 11 is 1.25. The second-order valence-corrected chi connectivity index (χ2v) is 7.93. The molecule has 0 spiro atoms. The second kappa shape index (κ2) is 7.90. The summed E-state index contributed by atoms with van der Waals surface area (Å²) in [6.07, 6.45) is 8.51. The number of amides is 1. The van der Waals surface area contributed by atoms with Crippen molar-refractivity contribution in [1.82, 2.24) is 9.62 Å². The van der Waals surface area contributed by atoms with Gasteiger partial charge in [0.15, 0.2) is 5.17 Å². The minimum atomic E-state index is -3.56. The smallest absolute Gasteiger partial charge is 0.264 e. The number of aliphatic imine (C=N–C) groups is 1. The molecule has 0 unspecified atom stereocenters. The summed E-state index contributed by atoms with van der Waals surface area (Å²) in [4.78, 5) is 16.5. The molecule has 0 aromatic heterocycles. The average Bonchev–Trinajstić information content (AvgIpc) is 2.96. The zero-order valence-electron chi connectivity index (χ0n) is 13.2. The minimum absolute atomic E-state index is 0. The third-order valence-corrected chi connectivity index (χ3v) is 6.18. The van der Waals surface area contributed by atoms with E-state index in [1.807, 2.05) is 0 Å². The molecule has 1 aromatic carbocycles. The normalized spacial score (nSPS) is 20.0. The van der Waals surface area contributed by atoms with E-state index in [1.165, 1.54) is 22.3 Å². The maximum atomic E-state index is 12.5. The van der Waals surface area contributed by atoms with Crippen LogP contribution in [0.3, 0.4) is 0 Å². The Kier molecular flexibility index (Phi) is 6.10. The van der Waals surface area contributed by atoms with Crippen LogP contribution >= 0.6 is 24.2 Å². The molecule has 0 atom stereocenters. The molecule has 9 heteroatoms. The van der Waals surface area contributed by atoms with Crippen LogP contribution in [0.25, 0.3) is 6.08 Å². The summed E-state index contributed by atoms with van der Waals surface area (Å²) in [5.41, 5.74) is 0.748. The Morgan fingerprint density at radius 3 is 2.52 bits per heavy atom. The molecule has 132 valence electrons. The molecule has 1 saturated heterocycles. The Bertz CT molecular complexity index is 888. The van der Waals surface area contributed by atoms with Gasteiger partial charge in [-0.1, -0.05) is 24.3 Å². The molecule has 3 rings (SSSR count). The van der Waals surface area contributed by atoms with Crippen LogP contribution in [0.4, 0.5) is 0 Å². The van der Waals surface area contributed by atoms with Crippen LogP contribution in [-0.4, -0.2) is 37.4 Å². The van der Waals surface area contributed by atoms with Crippen molar-refractivity contribution in [3.63, 3.8) is 0 Å². The minimum Gasteiger partial charge on any atom is -0.301 e. The lowest BCUT2D eigenvalue weighted by atomic mass is 10.2. The van der Waals surface area contributed by atoms with Gasteiger partial charge in [-0.25, -0.2) is 8.42 Å². The fraction of sp³-hybridized carbons (Fsp3) is 0.125. The van der Waals surface area contributed by atoms with Crippen molar-refractivity contribution in [3.05, 3.63) is 59.2 Å². The van der Waals surface area contributed by atoms with Gasteiger partial charge in [-0.05, 0) is 41.6 Å². The molecule has 2 heterocycles. The number of allylic oxidation sites excluding steroid dienone is 2. The number of amidine groups is 1. The lowest BCUT2D eigenvalue weighted by Crippen LogP contribution is -2.27. The van der Waals surface area contributed by atoms with Gasteiger partial charge in [-0.2, -0.15) is 0 Å². The fourth-order valence-electron chi connectivity index (χ4n) is 2.18. The number of rotatable bonds is 3. The lowest BCUT2D eigenvalue weighted by Gasteiger charge is -2.20. The van der Waals surface area contributed by atoms with Crippen LogP contribution in [0, 0.1) is 0 Å². The van der Waals surface area contributed by atoms with Gasteiger partial charge in [-0.15, -0.1) is 12.4 Å². The van der Waals surface area contributed by atoms with Crippen LogP contribution in [0.2, 0.25) is 0 Å². The van der Waals surface area contributed by atoms with Crippen molar-refractivity contribution in [2.45, 2.75) is 4.90 Å². The maximum absolute atomic E-state index is 12.5. The first-order valence-corrected chi connectivity index (χ1v) is 9.39. The molecule has 0 aliphatic carbocycles. The molecular weight excluding hydrogens is 382 g/mol. The van der Waals surface area contributed by atoms with Gasteiger partial charge < -0.3 is 5.32 Å². The Balaban J connectivity index is 0.00000225. The van der Waals surface area contributed by atoms with Crippen LogP contribution in [-0.2, 0) is 14.8 Å². The molecule has 1 fully saturated rings. The van der Waals surface area contributed by atoms with E-state index in [0.29, 0.717) is 16.6 Å². The van der Waals surface area contributed by atoms with Gasteiger partial charge >= 0.3 is 0 Å².